The Labute approximate surface area is 116 Å². The second-order valence-electron chi connectivity index (χ2n) is 5.26. The zero-order valence-electron chi connectivity index (χ0n) is 11.5. The number of nitrogens with two attached hydrogens (primary N) is 1. The first-order chi connectivity index (χ1) is 9.56. The molecule has 8 heteroatoms. The number of ether oxygens (including phenoxy) is 1. The lowest BCUT2D eigenvalue weighted by Crippen LogP contribution is -2.54. The molecule has 3 heterocycles. The predicted octanol–water partition coefficient (Wildman–Crippen LogP) is 0.255. The van der Waals surface area contributed by atoms with Gasteiger partial charge in [-0.2, -0.15) is 20.1 Å². The predicted molar refractivity (Wildman–Crippen MR) is 73.6 cm³/mol. The highest BCUT2D eigenvalue weighted by Gasteiger charge is 2.33. The molecule has 0 aromatic carbocycles. The third kappa shape index (κ3) is 2.29. The Morgan fingerprint density at radius 1 is 1.25 bits per heavy atom. The summed E-state index contributed by atoms with van der Waals surface area (Å²) >= 11 is 0. The fraction of sp³-hybridized carbons (Fsp3) is 0.500. The lowest BCUT2D eigenvalue weighted by atomic mass is 10.0. The van der Waals surface area contributed by atoms with Crippen molar-refractivity contribution >= 4 is 11.9 Å². The van der Waals surface area contributed by atoms with Gasteiger partial charge in [0.2, 0.25) is 11.9 Å². The van der Waals surface area contributed by atoms with Crippen LogP contribution in [0.1, 0.15) is 13.8 Å². The van der Waals surface area contributed by atoms with E-state index in [9.17, 15) is 0 Å². The van der Waals surface area contributed by atoms with Crippen molar-refractivity contribution in [2.24, 2.45) is 0 Å². The molecule has 1 aliphatic rings. The van der Waals surface area contributed by atoms with Crippen molar-refractivity contribution in [2.75, 3.05) is 30.4 Å². The molecule has 1 aliphatic heterocycles. The molecule has 0 amide bonds. The summed E-state index contributed by atoms with van der Waals surface area (Å²) in [5, 5.41) is 4.12. The van der Waals surface area contributed by atoms with E-state index in [0.717, 1.165) is 6.54 Å². The molecule has 1 saturated heterocycles. The third-order valence-electron chi connectivity index (χ3n) is 3.23. The fourth-order valence-electron chi connectivity index (χ4n) is 2.21. The lowest BCUT2D eigenvalue weighted by Gasteiger charge is -2.42. The second-order valence-corrected chi connectivity index (χ2v) is 5.26. The number of nitrogen functional groups attached to an aromatic ring is 1. The standard InChI is InChI=1S/C12H17N7O/c1-12(2)8-20-7-6-18(12)10-15-9(13)16-11(17-10)19-5-3-4-14-19/h3-5H,6-8H2,1-2H3,(H2,13,15,16,17). The van der Waals surface area contributed by atoms with Gasteiger partial charge >= 0.3 is 0 Å². The van der Waals surface area contributed by atoms with Gasteiger partial charge in [-0.25, -0.2) is 4.68 Å². The second kappa shape index (κ2) is 4.71. The molecular weight excluding hydrogens is 258 g/mol. The number of morpholine rings is 1. The van der Waals surface area contributed by atoms with Crippen LogP contribution in [0.5, 0.6) is 0 Å². The van der Waals surface area contributed by atoms with Crippen LogP contribution in [0.4, 0.5) is 11.9 Å². The Bertz CT molecular complexity index is 596. The SMILES string of the molecule is CC1(C)COCCN1c1nc(N)nc(-n2cccn2)n1. The molecule has 0 radical (unpaired) electrons. The van der Waals surface area contributed by atoms with Gasteiger partial charge in [0.1, 0.15) is 0 Å². The highest BCUT2D eigenvalue weighted by Crippen LogP contribution is 2.24. The van der Waals surface area contributed by atoms with Crippen LogP contribution in [0.25, 0.3) is 5.95 Å². The quantitative estimate of drug-likeness (QED) is 0.839. The molecule has 2 N–H and O–H groups in total. The van der Waals surface area contributed by atoms with Gasteiger partial charge in [-0.05, 0) is 19.9 Å². The highest BCUT2D eigenvalue weighted by atomic mass is 16.5. The average molecular weight is 275 g/mol. The van der Waals surface area contributed by atoms with Gasteiger partial charge in [0.15, 0.2) is 0 Å². The number of anilines is 2. The van der Waals surface area contributed by atoms with Gasteiger partial charge in [0, 0.05) is 18.9 Å². The number of hydrogen-bond acceptors (Lipinski definition) is 7. The number of rotatable bonds is 2. The van der Waals surface area contributed by atoms with E-state index in [0.29, 0.717) is 25.1 Å². The van der Waals surface area contributed by atoms with Crippen molar-refractivity contribution in [3.05, 3.63) is 18.5 Å². The summed E-state index contributed by atoms with van der Waals surface area (Å²) in [6.07, 6.45) is 3.43. The number of nitrogens with zero attached hydrogens (tertiary/aromatic N) is 6. The van der Waals surface area contributed by atoms with Crippen LogP contribution in [-0.2, 0) is 4.74 Å². The Balaban J connectivity index is 2.01. The summed E-state index contributed by atoms with van der Waals surface area (Å²) in [6, 6.07) is 1.80. The zero-order valence-corrected chi connectivity index (χ0v) is 11.5. The van der Waals surface area contributed by atoms with Crippen LogP contribution in [-0.4, -0.2) is 50.0 Å². The van der Waals surface area contributed by atoms with Gasteiger partial charge in [0.25, 0.3) is 5.95 Å². The van der Waals surface area contributed by atoms with E-state index in [1.807, 2.05) is 0 Å². The molecular formula is C12H17N7O. The van der Waals surface area contributed by atoms with Crippen LogP contribution in [0.15, 0.2) is 18.5 Å². The van der Waals surface area contributed by atoms with E-state index in [1.165, 1.54) is 0 Å². The van der Waals surface area contributed by atoms with E-state index in [-0.39, 0.29) is 11.5 Å². The lowest BCUT2D eigenvalue weighted by molar-refractivity contribution is 0.0633. The topological polar surface area (TPSA) is 95.0 Å². The molecule has 2 aromatic heterocycles. The van der Waals surface area contributed by atoms with Crippen molar-refractivity contribution in [2.45, 2.75) is 19.4 Å². The maximum absolute atomic E-state index is 5.80. The molecule has 106 valence electrons. The summed E-state index contributed by atoms with van der Waals surface area (Å²) in [5.41, 5.74) is 5.61. The minimum Gasteiger partial charge on any atom is -0.377 e. The van der Waals surface area contributed by atoms with Gasteiger partial charge in [-0.1, -0.05) is 0 Å². The Morgan fingerprint density at radius 3 is 2.75 bits per heavy atom. The van der Waals surface area contributed by atoms with Crippen LogP contribution in [0.2, 0.25) is 0 Å². The van der Waals surface area contributed by atoms with E-state index in [2.05, 4.69) is 38.8 Å². The Morgan fingerprint density at radius 2 is 2.05 bits per heavy atom. The van der Waals surface area contributed by atoms with Gasteiger partial charge in [-0.3, -0.25) is 0 Å². The Kier molecular flexibility index (Phi) is 3.01. The number of hydrogen-bond donors (Lipinski definition) is 1. The van der Waals surface area contributed by atoms with Gasteiger partial charge < -0.3 is 15.4 Å². The Hall–Kier alpha value is -2.22. The largest absolute Gasteiger partial charge is 0.377 e. The molecule has 0 saturated carbocycles. The maximum Gasteiger partial charge on any atom is 0.257 e. The van der Waals surface area contributed by atoms with Crippen molar-refractivity contribution in [1.82, 2.24) is 24.7 Å². The molecule has 20 heavy (non-hydrogen) atoms. The molecule has 2 aromatic rings. The monoisotopic (exact) mass is 275 g/mol. The number of aromatic nitrogens is 5. The molecule has 8 nitrogen and oxygen atoms in total. The summed E-state index contributed by atoms with van der Waals surface area (Å²) in [4.78, 5) is 14.9. The van der Waals surface area contributed by atoms with Crippen LogP contribution in [0, 0.1) is 0 Å². The average Bonchev–Trinajstić information content (AvgIpc) is 2.91. The molecule has 3 rings (SSSR count). The summed E-state index contributed by atoms with van der Waals surface area (Å²) < 4.78 is 7.07. The van der Waals surface area contributed by atoms with E-state index >= 15 is 0 Å². The minimum absolute atomic E-state index is 0.183. The van der Waals surface area contributed by atoms with Crippen LogP contribution < -0.4 is 10.6 Å². The summed E-state index contributed by atoms with van der Waals surface area (Å²) in [6.45, 7) is 6.15. The zero-order chi connectivity index (χ0) is 14.2. The highest BCUT2D eigenvalue weighted by molar-refractivity contribution is 5.41. The first-order valence-corrected chi connectivity index (χ1v) is 6.43. The third-order valence-corrected chi connectivity index (χ3v) is 3.23. The van der Waals surface area contributed by atoms with Crippen molar-refractivity contribution in [1.29, 1.82) is 0 Å². The molecule has 0 bridgehead atoms. The first-order valence-electron chi connectivity index (χ1n) is 6.43. The van der Waals surface area contributed by atoms with Crippen molar-refractivity contribution in [3.8, 4) is 5.95 Å². The summed E-state index contributed by atoms with van der Waals surface area (Å²) in [5.74, 6) is 1.15. The van der Waals surface area contributed by atoms with Gasteiger partial charge in [0.05, 0.1) is 18.8 Å². The summed E-state index contributed by atoms with van der Waals surface area (Å²) in [7, 11) is 0. The minimum atomic E-state index is -0.187. The van der Waals surface area contributed by atoms with Crippen LogP contribution in [0.3, 0.4) is 0 Å². The van der Waals surface area contributed by atoms with E-state index in [4.69, 9.17) is 10.5 Å². The van der Waals surface area contributed by atoms with Crippen molar-refractivity contribution in [3.63, 3.8) is 0 Å². The molecule has 0 spiro atoms. The van der Waals surface area contributed by atoms with Crippen LogP contribution >= 0.6 is 0 Å². The molecule has 0 unspecified atom stereocenters. The normalized spacial score (nSPS) is 18.2. The molecule has 1 fully saturated rings. The first kappa shape index (κ1) is 12.8. The fourth-order valence-corrected chi connectivity index (χ4v) is 2.21. The van der Waals surface area contributed by atoms with Crippen molar-refractivity contribution < 1.29 is 4.74 Å². The van der Waals surface area contributed by atoms with Gasteiger partial charge in [-0.15, -0.1) is 0 Å². The van der Waals surface area contributed by atoms with E-state index < -0.39 is 0 Å². The smallest absolute Gasteiger partial charge is 0.257 e. The molecule has 0 aliphatic carbocycles. The molecule has 0 atom stereocenters. The van der Waals surface area contributed by atoms with E-state index in [1.54, 1.807) is 23.1 Å². The maximum atomic E-state index is 5.80.